The Hall–Kier alpha value is -4.71. The second-order valence-corrected chi connectivity index (χ2v) is 7.16. The summed E-state index contributed by atoms with van der Waals surface area (Å²) in [5, 5.41) is 17.5. The lowest BCUT2D eigenvalue weighted by molar-refractivity contribution is -0.131. The summed E-state index contributed by atoms with van der Waals surface area (Å²) < 4.78 is 11.8. The fourth-order valence-corrected chi connectivity index (χ4v) is 3.39. The number of carbonyl (C=O) groups is 2. The largest absolute Gasteiger partial charge is 0.494 e. The van der Waals surface area contributed by atoms with E-state index in [4.69, 9.17) is 9.47 Å². The van der Waals surface area contributed by atoms with E-state index in [2.05, 4.69) is 15.4 Å². The van der Waals surface area contributed by atoms with Crippen molar-refractivity contribution in [2.24, 2.45) is 0 Å². The molecule has 9 nitrogen and oxygen atoms in total. The van der Waals surface area contributed by atoms with Gasteiger partial charge in [0.25, 0.3) is 5.91 Å². The van der Waals surface area contributed by atoms with Crippen molar-refractivity contribution in [3.63, 3.8) is 0 Å². The van der Waals surface area contributed by atoms with Crippen LogP contribution in [0, 0.1) is 18.3 Å². The van der Waals surface area contributed by atoms with E-state index in [1.807, 2.05) is 37.3 Å². The molecule has 1 N–H and O–H groups in total. The van der Waals surface area contributed by atoms with Gasteiger partial charge < -0.3 is 14.8 Å². The number of hydrogen-bond acceptors (Lipinski definition) is 7. The maximum Gasteiger partial charge on any atom is 0.308 e. The highest BCUT2D eigenvalue weighted by Gasteiger charge is 2.18. The van der Waals surface area contributed by atoms with E-state index in [1.54, 1.807) is 7.11 Å². The van der Waals surface area contributed by atoms with Crippen LogP contribution in [0.5, 0.6) is 11.5 Å². The van der Waals surface area contributed by atoms with Gasteiger partial charge in [-0.15, -0.1) is 0 Å². The summed E-state index contributed by atoms with van der Waals surface area (Å²) in [7, 11) is 1.57. The molecule has 4 aromatic rings. The molecule has 2 heterocycles. The van der Waals surface area contributed by atoms with Gasteiger partial charge in [-0.1, -0.05) is 12.1 Å². The second kappa shape index (κ2) is 8.80. The van der Waals surface area contributed by atoms with Crippen molar-refractivity contribution < 1.29 is 19.1 Å². The minimum atomic E-state index is -0.460. The van der Waals surface area contributed by atoms with Gasteiger partial charge in [-0.2, -0.15) is 15.0 Å². The SMILES string of the molecule is COc1cccc2c(C)cc(-n3ncc(C#N)c3NC(=O)c3ccc(OC(C)=O)cc3)nc12. The van der Waals surface area contributed by atoms with Crippen LogP contribution >= 0.6 is 0 Å². The van der Waals surface area contributed by atoms with Crippen LogP contribution in [0.1, 0.15) is 28.4 Å². The average molecular weight is 441 g/mol. The number of amides is 1. The van der Waals surface area contributed by atoms with Crippen molar-refractivity contribution in [2.75, 3.05) is 12.4 Å². The van der Waals surface area contributed by atoms with Gasteiger partial charge in [-0.05, 0) is 48.9 Å². The first-order chi connectivity index (χ1) is 15.9. The fourth-order valence-electron chi connectivity index (χ4n) is 3.39. The predicted octanol–water partition coefficient (Wildman–Crippen LogP) is 3.79. The number of pyridine rings is 1. The lowest BCUT2D eigenvalue weighted by Crippen LogP contribution is -2.16. The number of aromatic nitrogens is 3. The molecule has 0 saturated carbocycles. The van der Waals surface area contributed by atoms with Gasteiger partial charge in [-0.3, -0.25) is 9.59 Å². The number of nitriles is 1. The van der Waals surface area contributed by atoms with Crippen molar-refractivity contribution >= 4 is 28.6 Å². The van der Waals surface area contributed by atoms with Crippen molar-refractivity contribution in [1.82, 2.24) is 14.8 Å². The van der Waals surface area contributed by atoms with E-state index in [1.165, 1.54) is 42.1 Å². The van der Waals surface area contributed by atoms with Gasteiger partial charge in [-0.25, -0.2) is 4.98 Å². The Morgan fingerprint density at radius 3 is 2.58 bits per heavy atom. The second-order valence-electron chi connectivity index (χ2n) is 7.16. The minimum absolute atomic E-state index is 0.180. The maximum atomic E-state index is 12.9. The highest BCUT2D eigenvalue weighted by molar-refractivity contribution is 6.04. The number of ether oxygens (including phenoxy) is 2. The molecule has 4 rings (SSSR count). The summed E-state index contributed by atoms with van der Waals surface area (Å²) in [5.41, 5.74) is 2.06. The quantitative estimate of drug-likeness (QED) is 0.370. The first kappa shape index (κ1) is 21.5. The standard InChI is InChI=1S/C24H19N5O4/c1-14-11-21(27-22-19(14)5-4-6-20(22)32-3)29-23(17(12-25)13-26-29)28-24(31)16-7-9-18(10-8-16)33-15(2)30/h4-11,13H,1-3H3,(H,28,31). The highest BCUT2D eigenvalue weighted by Crippen LogP contribution is 2.29. The molecular formula is C24H19N5O4. The topological polar surface area (TPSA) is 119 Å². The zero-order chi connectivity index (χ0) is 23.5. The number of hydrogen-bond donors (Lipinski definition) is 1. The molecule has 2 aromatic carbocycles. The summed E-state index contributed by atoms with van der Waals surface area (Å²) in [4.78, 5) is 28.6. The maximum absolute atomic E-state index is 12.9. The number of rotatable bonds is 5. The Balaban J connectivity index is 1.72. The number of methoxy groups -OCH3 is 1. The molecule has 9 heteroatoms. The van der Waals surface area contributed by atoms with Crippen molar-refractivity contribution in [3.05, 3.63) is 71.4 Å². The molecule has 0 aliphatic carbocycles. The zero-order valence-electron chi connectivity index (χ0n) is 18.1. The number of aryl methyl sites for hydroxylation is 1. The molecule has 0 unspecified atom stereocenters. The number of para-hydroxylation sites is 1. The average Bonchev–Trinajstić information content (AvgIpc) is 3.21. The Bertz CT molecular complexity index is 1420. The number of benzene rings is 2. The molecule has 0 radical (unpaired) electrons. The lowest BCUT2D eigenvalue weighted by Gasteiger charge is -2.12. The number of esters is 1. The van der Waals surface area contributed by atoms with Gasteiger partial charge in [0.1, 0.15) is 28.6 Å². The third-order valence-electron chi connectivity index (χ3n) is 4.93. The lowest BCUT2D eigenvalue weighted by atomic mass is 10.1. The van der Waals surface area contributed by atoms with Gasteiger partial charge in [0.05, 0.1) is 13.3 Å². The molecular weight excluding hydrogens is 422 g/mol. The Labute approximate surface area is 189 Å². The van der Waals surface area contributed by atoms with Crippen LogP contribution in [-0.2, 0) is 4.79 Å². The third kappa shape index (κ3) is 4.22. The molecule has 0 spiro atoms. The molecule has 0 bridgehead atoms. The minimum Gasteiger partial charge on any atom is -0.494 e. The Kier molecular flexibility index (Phi) is 5.74. The van der Waals surface area contributed by atoms with E-state index in [0.29, 0.717) is 28.4 Å². The Morgan fingerprint density at radius 2 is 1.91 bits per heavy atom. The van der Waals surface area contributed by atoms with E-state index >= 15 is 0 Å². The normalized spacial score (nSPS) is 10.5. The number of carbonyl (C=O) groups excluding carboxylic acids is 2. The molecule has 2 aromatic heterocycles. The van der Waals surface area contributed by atoms with Crippen LogP contribution in [0.4, 0.5) is 5.82 Å². The van der Waals surface area contributed by atoms with E-state index < -0.39 is 11.9 Å². The van der Waals surface area contributed by atoms with Crippen LogP contribution < -0.4 is 14.8 Å². The Morgan fingerprint density at radius 1 is 1.15 bits per heavy atom. The molecule has 0 atom stereocenters. The van der Waals surface area contributed by atoms with Crippen molar-refractivity contribution in [3.8, 4) is 23.4 Å². The number of fused-ring (bicyclic) bond motifs is 1. The van der Waals surface area contributed by atoms with Crippen LogP contribution in [0.25, 0.3) is 16.7 Å². The van der Waals surface area contributed by atoms with E-state index in [-0.39, 0.29) is 11.4 Å². The predicted molar refractivity (Wildman–Crippen MR) is 121 cm³/mol. The first-order valence-corrected chi connectivity index (χ1v) is 9.94. The molecule has 0 fully saturated rings. The zero-order valence-corrected chi connectivity index (χ0v) is 18.1. The monoisotopic (exact) mass is 441 g/mol. The third-order valence-corrected chi connectivity index (χ3v) is 4.93. The first-order valence-electron chi connectivity index (χ1n) is 9.94. The molecule has 1 amide bonds. The molecule has 0 saturated heterocycles. The van der Waals surface area contributed by atoms with Crippen LogP contribution in [0.15, 0.2) is 54.7 Å². The smallest absolute Gasteiger partial charge is 0.308 e. The van der Waals surface area contributed by atoms with Gasteiger partial charge in [0.2, 0.25) is 0 Å². The summed E-state index contributed by atoms with van der Waals surface area (Å²) >= 11 is 0. The van der Waals surface area contributed by atoms with E-state index in [9.17, 15) is 14.9 Å². The summed E-state index contributed by atoms with van der Waals surface area (Å²) in [5.74, 6) is 0.622. The molecule has 164 valence electrons. The van der Waals surface area contributed by atoms with E-state index in [0.717, 1.165) is 10.9 Å². The van der Waals surface area contributed by atoms with Gasteiger partial charge in [0.15, 0.2) is 11.6 Å². The molecule has 33 heavy (non-hydrogen) atoms. The number of nitrogens with one attached hydrogen (secondary N) is 1. The molecule has 0 aliphatic rings. The van der Waals surface area contributed by atoms with Crippen molar-refractivity contribution in [2.45, 2.75) is 13.8 Å². The fraction of sp³-hybridized carbons (Fsp3) is 0.125. The van der Waals surface area contributed by atoms with Crippen LogP contribution in [-0.4, -0.2) is 33.8 Å². The molecule has 0 aliphatic heterocycles. The van der Waals surface area contributed by atoms with Gasteiger partial charge >= 0.3 is 5.97 Å². The van der Waals surface area contributed by atoms with Gasteiger partial charge in [0, 0.05) is 17.9 Å². The van der Waals surface area contributed by atoms with Crippen LogP contribution in [0.3, 0.4) is 0 Å². The highest BCUT2D eigenvalue weighted by atomic mass is 16.5. The number of anilines is 1. The van der Waals surface area contributed by atoms with Crippen LogP contribution in [0.2, 0.25) is 0 Å². The summed E-state index contributed by atoms with van der Waals surface area (Å²) in [6.45, 7) is 3.23. The van der Waals surface area contributed by atoms with Crippen molar-refractivity contribution in [1.29, 1.82) is 5.26 Å². The summed E-state index contributed by atoms with van der Waals surface area (Å²) in [6.07, 6.45) is 1.36. The summed E-state index contributed by atoms with van der Waals surface area (Å²) in [6, 6.07) is 15.6. The number of nitrogens with zero attached hydrogens (tertiary/aromatic N) is 4.